The second-order valence-corrected chi connectivity index (χ2v) is 5.97. The van der Waals surface area contributed by atoms with Gasteiger partial charge in [0.15, 0.2) is 6.61 Å². The molecule has 3 rings (SSSR count). The summed E-state index contributed by atoms with van der Waals surface area (Å²) in [6.45, 7) is 1.58. The molecule has 0 bridgehead atoms. The second kappa shape index (κ2) is 8.92. The van der Waals surface area contributed by atoms with Gasteiger partial charge in [0.1, 0.15) is 22.7 Å². The van der Waals surface area contributed by atoms with Crippen LogP contribution in [-0.4, -0.2) is 38.2 Å². The number of hydrogen-bond acceptors (Lipinski definition) is 6. The average Bonchev–Trinajstić information content (AvgIpc) is 3.12. The lowest BCUT2D eigenvalue weighted by atomic mass is 10.1. The molecule has 8 nitrogen and oxygen atoms in total. The summed E-state index contributed by atoms with van der Waals surface area (Å²) in [5.41, 5.74) is 1.50. The highest BCUT2D eigenvalue weighted by Gasteiger charge is 2.23. The van der Waals surface area contributed by atoms with Gasteiger partial charge in [0.2, 0.25) is 0 Å². The molecule has 3 aromatic rings. The standard InChI is InChI=1S/C21H20N2O6/c1-3-27-20(25)18-15-11-14(28-12-17(24)23-21(26)22-2)9-10-16(15)29-19(18)13-7-5-4-6-8-13/h4-11H,3,12H2,1-2H3,(H2,22,23,24,26). The normalized spacial score (nSPS) is 10.4. The number of carbonyl (C=O) groups is 3. The lowest BCUT2D eigenvalue weighted by Gasteiger charge is -2.07. The summed E-state index contributed by atoms with van der Waals surface area (Å²) in [4.78, 5) is 35.5. The van der Waals surface area contributed by atoms with Crippen LogP contribution in [0.5, 0.6) is 5.75 Å². The van der Waals surface area contributed by atoms with E-state index in [1.54, 1.807) is 25.1 Å². The number of benzene rings is 2. The SMILES string of the molecule is CCOC(=O)c1c(-c2ccccc2)oc2ccc(OCC(=O)NC(=O)NC)cc12. The lowest BCUT2D eigenvalue weighted by molar-refractivity contribution is -0.122. The zero-order valence-electron chi connectivity index (χ0n) is 16.0. The number of imide groups is 1. The molecule has 0 fully saturated rings. The van der Waals surface area contributed by atoms with Gasteiger partial charge in [0.25, 0.3) is 5.91 Å². The molecule has 0 saturated carbocycles. The molecule has 8 heteroatoms. The van der Waals surface area contributed by atoms with Crippen molar-refractivity contribution in [3.8, 4) is 17.1 Å². The van der Waals surface area contributed by atoms with E-state index in [-0.39, 0.29) is 18.8 Å². The van der Waals surface area contributed by atoms with Crippen molar-refractivity contribution in [2.24, 2.45) is 0 Å². The van der Waals surface area contributed by atoms with Crippen LogP contribution in [-0.2, 0) is 9.53 Å². The van der Waals surface area contributed by atoms with Crippen LogP contribution in [0, 0.1) is 0 Å². The lowest BCUT2D eigenvalue weighted by Crippen LogP contribution is -2.39. The molecule has 0 radical (unpaired) electrons. The summed E-state index contributed by atoms with van der Waals surface area (Å²) in [5.74, 6) is -0.379. The van der Waals surface area contributed by atoms with Gasteiger partial charge in [-0.1, -0.05) is 30.3 Å². The fourth-order valence-corrected chi connectivity index (χ4v) is 2.74. The van der Waals surface area contributed by atoms with Crippen LogP contribution in [0.25, 0.3) is 22.3 Å². The number of carbonyl (C=O) groups excluding carboxylic acids is 3. The number of rotatable bonds is 6. The Morgan fingerprint density at radius 1 is 1.07 bits per heavy atom. The Balaban J connectivity index is 1.94. The Bertz CT molecular complexity index is 1040. The van der Waals surface area contributed by atoms with Gasteiger partial charge >= 0.3 is 12.0 Å². The first-order valence-electron chi connectivity index (χ1n) is 8.97. The minimum Gasteiger partial charge on any atom is -0.484 e. The number of nitrogens with one attached hydrogen (secondary N) is 2. The first kappa shape index (κ1) is 19.9. The summed E-state index contributed by atoms with van der Waals surface area (Å²) < 4.78 is 16.6. The third-order valence-corrected chi connectivity index (χ3v) is 4.02. The Morgan fingerprint density at radius 2 is 1.83 bits per heavy atom. The number of fused-ring (bicyclic) bond motifs is 1. The van der Waals surface area contributed by atoms with E-state index in [0.29, 0.717) is 22.5 Å². The van der Waals surface area contributed by atoms with Crippen molar-refractivity contribution >= 4 is 28.9 Å². The fourth-order valence-electron chi connectivity index (χ4n) is 2.74. The van der Waals surface area contributed by atoms with E-state index >= 15 is 0 Å². The Morgan fingerprint density at radius 3 is 2.52 bits per heavy atom. The van der Waals surface area contributed by atoms with Crippen LogP contribution in [0.15, 0.2) is 52.9 Å². The van der Waals surface area contributed by atoms with Crippen LogP contribution in [0.4, 0.5) is 4.79 Å². The molecule has 0 unspecified atom stereocenters. The molecular weight excluding hydrogens is 376 g/mol. The van der Waals surface area contributed by atoms with Crippen LogP contribution in [0.1, 0.15) is 17.3 Å². The van der Waals surface area contributed by atoms with E-state index in [1.807, 2.05) is 30.3 Å². The van der Waals surface area contributed by atoms with Gasteiger partial charge in [-0.2, -0.15) is 0 Å². The zero-order chi connectivity index (χ0) is 20.8. The number of esters is 1. The van der Waals surface area contributed by atoms with Gasteiger partial charge in [0.05, 0.1) is 6.61 Å². The quantitative estimate of drug-likeness (QED) is 0.620. The number of ether oxygens (including phenoxy) is 2. The number of hydrogen-bond donors (Lipinski definition) is 2. The van der Waals surface area contributed by atoms with E-state index in [4.69, 9.17) is 13.9 Å². The van der Waals surface area contributed by atoms with E-state index in [9.17, 15) is 14.4 Å². The molecule has 29 heavy (non-hydrogen) atoms. The van der Waals surface area contributed by atoms with Crippen molar-refractivity contribution < 1.29 is 28.3 Å². The molecule has 0 aliphatic heterocycles. The molecule has 2 aromatic carbocycles. The predicted molar refractivity (Wildman–Crippen MR) is 106 cm³/mol. The predicted octanol–water partition coefficient (Wildman–Crippen LogP) is 3.11. The van der Waals surface area contributed by atoms with Crippen molar-refractivity contribution in [3.05, 3.63) is 54.1 Å². The van der Waals surface area contributed by atoms with Crippen molar-refractivity contribution in [1.82, 2.24) is 10.6 Å². The maximum Gasteiger partial charge on any atom is 0.342 e. The van der Waals surface area contributed by atoms with E-state index in [2.05, 4.69) is 10.6 Å². The highest BCUT2D eigenvalue weighted by Crippen LogP contribution is 2.36. The van der Waals surface area contributed by atoms with E-state index in [0.717, 1.165) is 5.56 Å². The van der Waals surface area contributed by atoms with Crippen LogP contribution in [0.3, 0.4) is 0 Å². The highest BCUT2D eigenvalue weighted by atomic mass is 16.5. The van der Waals surface area contributed by atoms with Crippen molar-refractivity contribution in [2.45, 2.75) is 6.92 Å². The first-order valence-corrected chi connectivity index (χ1v) is 8.97. The fraction of sp³-hybridized carbons (Fsp3) is 0.190. The van der Waals surface area contributed by atoms with Gasteiger partial charge in [0, 0.05) is 18.0 Å². The second-order valence-electron chi connectivity index (χ2n) is 5.97. The highest BCUT2D eigenvalue weighted by molar-refractivity contribution is 6.09. The molecule has 150 valence electrons. The molecule has 0 atom stereocenters. The Kier molecular flexibility index (Phi) is 6.13. The third-order valence-electron chi connectivity index (χ3n) is 4.02. The van der Waals surface area contributed by atoms with Crippen LogP contribution >= 0.6 is 0 Å². The number of furan rings is 1. The molecule has 0 aliphatic carbocycles. The maximum atomic E-state index is 12.6. The summed E-state index contributed by atoms with van der Waals surface area (Å²) in [6, 6.07) is 13.5. The minimum absolute atomic E-state index is 0.218. The van der Waals surface area contributed by atoms with Crippen LogP contribution in [0.2, 0.25) is 0 Å². The molecule has 2 N–H and O–H groups in total. The smallest absolute Gasteiger partial charge is 0.342 e. The zero-order valence-corrected chi connectivity index (χ0v) is 16.0. The maximum absolute atomic E-state index is 12.6. The molecule has 0 saturated heterocycles. The summed E-state index contributed by atoms with van der Waals surface area (Å²) in [6.07, 6.45) is 0. The Labute approximate surface area is 166 Å². The monoisotopic (exact) mass is 396 g/mol. The minimum atomic E-state index is -0.624. The van der Waals surface area contributed by atoms with Gasteiger partial charge in [-0.25, -0.2) is 9.59 Å². The van der Waals surface area contributed by atoms with Gasteiger partial charge < -0.3 is 19.2 Å². The van der Waals surface area contributed by atoms with E-state index in [1.165, 1.54) is 7.05 Å². The number of urea groups is 1. The number of amides is 3. The molecule has 1 aromatic heterocycles. The molecular formula is C21H20N2O6. The molecule has 1 heterocycles. The first-order chi connectivity index (χ1) is 14.0. The topological polar surface area (TPSA) is 107 Å². The van der Waals surface area contributed by atoms with Crippen molar-refractivity contribution in [1.29, 1.82) is 0 Å². The molecule has 0 spiro atoms. The van der Waals surface area contributed by atoms with Gasteiger partial charge in [-0.05, 0) is 25.1 Å². The van der Waals surface area contributed by atoms with E-state index < -0.39 is 17.9 Å². The summed E-state index contributed by atoms with van der Waals surface area (Å²) >= 11 is 0. The van der Waals surface area contributed by atoms with Gasteiger partial charge in [-0.3, -0.25) is 10.1 Å². The van der Waals surface area contributed by atoms with Crippen molar-refractivity contribution in [3.63, 3.8) is 0 Å². The van der Waals surface area contributed by atoms with Crippen LogP contribution < -0.4 is 15.4 Å². The average molecular weight is 396 g/mol. The van der Waals surface area contributed by atoms with Gasteiger partial charge in [-0.15, -0.1) is 0 Å². The summed E-state index contributed by atoms with van der Waals surface area (Å²) in [7, 11) is 1.40. The van der Waals surface area contributed by atoms with Crippen molar-refractivity contribution in [2.75, 3.05) is 20.3 Å². The third kappa shape index (κ3) is 4.55. The molecule has 0 aliphatic rings. The molecule has 3 amide bonds. The largest absolute Gasteiger partial charge is 0.484 e. The summed E-state index contributed by atoms with van der Waals surface area (Å²) in [5, 5.41) is 4.89. The Hall–Kier alpha value is -3.81.